The minimum atomic E-state index is -3.74. The molecule has 2 aromatic heterocycles. The quantitative estimate of drug-likeness (QED) is 0.423. The molecule has 0 amide bonds. The molecule has 0 saturated carbocycles. The predicted octanol–water partition coefficient (Wildman–Crippen LogP) is 4.57. The van der Waals surface area contributed by atoms with Crippen LogP contribution >= 0.6 is 0 Å². The topological polar surface area (TPSA) is 95.3 Å². The molecule has 1 N–H and O–H groups in total. The molecule has 0 aliphatic carbocycles. The van der Waals surface area contributed by atoms with Crippen LogP contribution in [0.4, 0.5) is 5.69 Å². The van der Waals surface area contributed by atoms with E-state index >= 15 is 0 Å². The van der Waals surface area contributed by atoms with Crippen LogP contribution in [0.3, 0.4) is 0 Å². The van der Waals surface area contributed by atoms with Crippen molar-refractivity contribution >= 4 is 15.7 Å². The summed E-state index contributed by atoms with van der Waals surface area (Å²) in [6.07, 6.45) is 5.17. The van der Waals surface area contributed by atoms with Gasteiger partial charge in [0.25, 0.3) is 10.0 Å². The Morgan fingerprint density at radius 3 is 2.44 bits per heavy atom. The second-order valence-electron chi connectivity index (χ2n) is 6.90. The summed E-state index contributed by atoms with van der Waals surface area (Å²) in [5, 5.41) is 0. The summed E-state index contributed by atoms with van der Waals surface area (Å²) in [6.45, 7) is 4.21. The SMILES string of the molecule is CCOc1ccc(S(=O)(=O)Nc2ccc(Oc3cc(-n4cccc4)ncn3)cc2)cc1C. The fourth-order valence-electron chi connectivity index (χ4n) is 3.05. The molecule has 164 valence electrons. The van der Waals surface area contributed by atoms with Gasteiger partial charge in [-0.1, -0.05) is 0 Å². The van der Waals surface area contributed by atoms with Crippen molar-refractivity contribution in [2.24, 2.45) is 0 Å². The number of anilines is 1. The van der Waals surface area contributed by atoms with Crippen molar-refractivity contribution in [3.05, 3.63) is 84.9 Å². The highest BCUT2D eigenvalue weighted by Crippen LogP contribution is 2.26. The Morgan fingerprint density at radius 2 is 1.75 bits per heavy atom. The number of hydrogen-bond acceptors (Lipinski definition) is 6. The number of nitrogens with zero attached hydrogens (tertiary/aromatic N) is 3. The van der Waals surface area contributed by atoms with Gasteiger partial charge in [0.2, 0.25) is 5.88 Å². The number of ether oxygens (including phenoxy) is 2. The van der Waals surface area contributed by atoms with E-state index in [-0.39, 0.29) is 4.90 Å². The second-order valence-corrected chi connectivity index (χ2v) is 8.58. The molecule has 0 radical (unpaired) electrons. The maximum atomic E-state index is 12.7. The van der Waals surface area contributed by atoms with Crippen LogP contribution in [0.5, 0.6) is 17.4 Å². The summed E-state index contributed by atoms with van der Waals surface area (Å²) < 4.78 is 41.2. The number of hydrogen-bond donors (Lipinski definition) is 1. The van der Waals surface area contributed by atoms with Gasteiger partial charge in [0.1, 0.15) is 23.6 Å². The molecule has 0 spiro atoms. The van der Waals surface area contributed by atoms with Crippen molar-refractivity contribution in [1.29, 1.82) is 0 Å². The minimum absolute atomic E-state index is 0.164. The highest BCUT2D eigenvalue weighted by Gasteiger charge is 2.16. The smallest absolute Gasteiger partial charge is 0.261 e. The largest absolute Gasteiger partial charge is 0.494 e. The van der Waals surface area contributed by atoms with Crippen molar-refractivity contribution in [2.75, 3.05) is 11.3 Å². The molecular weight excluding hydrogens is 428 g/mol. The van der Waals surface area contributed by atoms with Gasteiger partial charge in [-0.2, -0.15) is 0 Å². The molecule has 0 bridgehead atoms. The van der Waals surface area contributed by atoms with E-state index in [9.17, 15) is 8.42 Å². The average molecular weight is 451 g/mol. The van der Waals surface area contributed by atoms with E-state index in [4.69, 9.17) is 9.47 Å². The molecule has 4 rings (SSSR count). The second kappa shape index (κ2) is 9.11. The molecular formula is C23H22N4O4S. The minimum Gasteiger partial charge on any atom is -0.494 e. The highest BCUT2D eigenvalue weighted by molar-refractivity contribution is 7.92. The van der Waals surface area contributed by atoms with Crippen molar-refractivity contribution in [1.82, 2.24) is 14.5 Å². The Balaban J connectivity index is 1.46. The van der Waals surface area contributed by atoms with Gasteiger partial charge in [-0.05, 0) is 74.0 Å². The standard InChI is InChI=1S/C23H22N4O4S/c1-3-30-21-11-10-20(14-17(21)2)32(28,29)26-18-6-8-19(9-7-18)31-23-15-22(24-16-25-23)27-12-4-5-13-27/h4-16,26H,3H2,1-2H3. The Hall–Kier alpha value is -3.85. The Bertz CT molecular complexity index is 1300. The number of aryl methyl sites for hydroxylation is 1. The first-order valence-electron chi connectivity index (χ1n) is 9.94. The van der Waals surface area contributed by atoms with Gasteiger partial charge in [-0.15, -0.1) is 0 Å². The number of sulfonamides is 1. The lowest BCUT2D eigenvalue weighted by atomic mass is 10.2. The molecule has 4 aromatic rings. The van der Waals surface area contributed by atoms with Crippen LogP contribution in [0.15, 0.2) is 84.3 Å². The first kappa shape index (κ1) is 21.4. The molecule has 9 heteroatoms. The highest BCUT2D eigenvalue weighted by atomic mass is 32.2. The van der Waals surface area contributed by atoms with Crippen LogP contribution < -0.4 is 14.2 Å². The zero-order valence-corrected chi connectivity index (χ0v) is 18.4. The first-order chi connectivity index (χ1) is 15.4. The van der Waals surface area contributed by atoms with Gasteiger partial charge in [-0.3, -0.25) is 4.72 Å². The number of rotatable bonds is 8. The van der Waals surface area contributed by atoms with Crippen LogP contribution in [0, 0.1) is 6.92 Å². The third-order valence-electron chi connectivity index (χ3n) is 4.58. The van der Waals surface area contributed by atoms with Gasteiger partial charge in [0.15, 0.2) is 0 Å². The summed E-state index contributed by atoms with van der Waals surface area (Å²) in [7, 11) is -3.74. The Morgan fingerprint density at radius 1 is 1.00 bits per heavy atom. The fourth-order valence-corrected chi connectivity index (χ4v) is 4.19. The van der Waals surface area contributed by atoms with Crippen molar-refractivity contribution < 1.29 is 17.9 Å². The molecule has 0 fully saturated rings. The molecule has 0 atom stereocenters. The first-order valence-corrected chi connectivity index (χ1v) is 11.4. The molecule has 0 aliphatic rings. The molecule has 0 unspecified atom stereocenters. The molecule has 8 nitrogen and oxygen atoms in total. The maximum Gasteiger partial charge on any atom is 0.261 e. The van der Waals surface area contributed by atoms with Crippen molar-refractivity contribution in [3.8, 4) is 23.2 Å². The summed E-state index contributed by atoms with van der Waals surface area (Å²) in [4.78, 5) is 8.51. The summed E-state index contributed by atoms with van der Waals surface area (Å²) >= 11 is 0. The Labute approximate surface area is 186 Å². The van der Waals surface area contributed by atoms with Crippen LogP contribution in [0.2, 0.25) is 0 Å². The van der Waals surface area contributed by atoms with E-state index < -0.39 is 10.0 Å². The van der Waals surface area contributed by atoms with E-state index in [0.717, 1.165) is 5.56 Å². The van der Waals surface area contributed by atoms with E-state index in [0.29, 0.717) is 35.5 Å². The van der Waals surface area contributed by atoms with Gasteiger partial charge in [0, 0.05) is 24.1 Å². The number of nitrogens with one attached hydrogen (secondary N) is 1. The molecule has 32 heavy (non-hydrogen) atoms. The zero-order chi connectivity index (χ0) is 22.6. The fraction of sp³-hybridized carbons (Fsp3) is 0.130. The van der Waals surface area contributed by atoms with Crippen molar-refractivity contribution in [3.63, 3.8) is 0 Å². The molecule has 0 saturated heterocycles. The number of benzene rings is 2. The summed E-state index contributed by atoms with van der Waals surface area (Å²) in [6, 6.07) is 16.9. The Kier molecular flexibility index (Phi) is 6.09. The third kappa shape index (κ3) is 4.89. The third-order valence-corrected chi connectivity index (χ3v) is 5.96. The van der Waals surface area contributed by atoms with Gasteiger partial charge in [0.05, 0.1) is 11.5 Å². The van der Waals surface area contributed by atoms with E-state index in [1.165, 1.54) is 12.4 Å². The molecule has 0 aliphatic heterocycles. The van der Waals surface area contributed by atoms with Crippen LogP contribution in [0.25, 0.3) is 5.82 Å². The average Bonchev–Trinajstić information content (AvgIpc) is 3.32. The van der Waals surface area contributed by atoms with Gasteiger partial charge < -0.3 is 14.0 Å². The lowest BCUT2D eigenvalue weighted by molar-refractivity contribution is 0.337. The maximum absolute atomic E-state index is 12.7. The monoisotopic (exact) mass is 450 g/mol. The van der Waals surface area contributed by atoms with E-state index in [1.54, 1.807) is 42.5 Å². The van der Waals surface area contributed by atoms with E-state index in [1.807, 2.05) is 42.9 Å². The normalized spacial score (nSPS) is 11.2. The number of aromatic nitrogens is 3. The van der Waals surface area contributed by atoms with Crippen molar-refractivity contribution in [2.45, 2.75) is 18.7 Å². The van der Waals surface area contributed by atoms with E-state index in [2.05, 4.69) is 14.7 Å². The van der Waals surface area contributed by atoms with Crippen LogP contribution in [-0.2, 0) is 10.0 Å². The molecule has 2 aromatic carbocycles. The molecule has 2 heterocycles. The van der Waals surface area contributed by atoms with Gasteiger partial charge >= 0.3 is 0 Å². The predicted molar refractivity (Wildman–Crippen MR) is 121 cm³/mol. The zero-order valence-electron chi connectivity index (χ0n) is 17.6. The van der Waals surface area contributed by atoms with Crippen LogP contribution in [-0.4, -0.2) is 29.6 Å². The summed E-state index contributed by atoms with van der Waals surface area (Å²) in [5.74, 6) is 2.23. The summed E-state index contributed by atoms with van der Waals surface area (Å²) in [5.41, 5.74) is 1.17. The lowest BCUT2D eigenvalue weighted by Crippen LogP contribution is -2.13. The lowest BCUT2D eigenvalue weighted by Gasteiger charge is -2.12. The van der Waals surface area contributed by atoms with Crippen LogP contribution in [0.1, 0.15) is 12.5 Å². The van der Waals surface area contributed by atoms with Gasteiger partial charge in [-0.25, -0.2) is 18.4 Å².